The maximum Gasteiger partial charge on any atom is 0.182 e. The van der Waals surface area contributed by atoms with Crippen LogP contribution in [0, 0.1) is 0 Å². The van der Waals surface area contributed by atoms with Crippen molar-refractivity contribution in [3.05, 3.63) is 60.7 Å². The fraction of sp³-hybridized carbons (Fsp3) is 0. The van der Waals surface area contributed by atoms with E-state index in [1.807, 2.05) is 12.1 Å². The van der Waals surface area contributed by atoms with Gasteiger partial charge in [-0.25, -0.2) is 29.9 Å². The van der Waals surface area contributed by atoms with Crippen LogP contribution in [0.4, 0.5) is 0 Å². The van der Waals surface area contributed by atoms with Crippen LogP contribution in [0.1, 0.15) is 0 Å². The van der Waals surface area contributed by atoms with E-state index < -0.39 is 0 Å². The minimum atomic E-state index is 0.370. The summed E-state index contributed by atoms with van der Waals surface area (Å²) < 4.78 is 5.59. The number of thiazole rings is 1. The van der Waals surface area contributed by atoms with Gasteiger partial charge in [-0.3, -0.25) is 0 Å². The maximum absolute atomic E-state index is 6.42. The Bertz CT molecular complexity index is 1240. The molecule has 9 heteroatoms. The van der Waals surface area contributed by atoms with Gasteiger partial charge in [0.25, 0.3) is 0 Å². The lowest BCUT2D eigenvalue weighted by Gasteiger charge is -2.04. The van der Waals surface area contributed by atoms with Crippen LogP contribution in [0.25, 0.3) is 43.6 Å². The Morgan fingerprint density at radius 1 is 1.04 bits per heavy atom. The Morgan fingerprint density at radius 3 is 2.67 bits per heavy atom. The fourth-order valence-electron chi connectivity index (χ4n) is 2.66. The molecule has 27 heavy (non-hydrogen) atoms. The Morgan fingerprint density at radius 2 is 1.85 bits per heavy atom. The predicted octanol–water partition coefficient (Wildman–Crippen LogP) is 4.52. The first-order valence-electron chi connectivity index (χ1n) is 7.87. The molecule has 0 aliphatic rings. The Labute approximate surface area is 161 Å². The SMILES string of the molecule is Clc1nc(-c2cncnc2)sc1-c1cc2ccoc2c(-c2ncccn2)n1. The number of pyridine rings is 1. The zero-order chi connectivity index (χ0) is 18.2. The molecule has 0 unspecified atom stereocenters. The van der Waals surface area contributed by atoms with E-state index in [2.05, 4.69) is 24.9 Å². The minimum Gasteiger partial charge on any atom is -0.462 e. The summed E-state index contributed by atoms with van der Waals surface area (Å²) in [5.74, 6) is 0.483. The molecule has 0 aromatic carbocycles. The Kier molecular flexibility index (Phi) is 3.84. The van der Waals surface area contributed by atoms with Crippen LogP contribution in [-0.4, -0.2) is 29.9 Å². The van der Waals surface area contributed by atoms with Crippen molar-refractivity contribution < 1.29 is 4.42 Å². The average molecular weight is 393 g/mol. The summed E-state index contributed by atoms with van der Waals surface area (Å²) in [6.07, 6.45) is 9.81. The van der Waals surface area contributed by atoms with Gasteiger partial charge >= 0.3 is 0 Å². The van der Waals surface area contributed by atoms with Gasteiger partial charge in [-0.2, -0.15) is 0 Å². The van der Waals surface area contributed by atoms with Crippen LogP contribution in [0.3, 0.4) is 0 Å². The topological polar surface area (TPSA) is 90.5 Å². The second-order valence-corrected chi connectivity index (χ2v) is 6.89. The molecule has 0 aliphatic carbocycles. The van der Waals surface area contributed by atoms with Gasteiger partial charge in [0.05, 0.1) is 16.8 Å². The van der Waals surface area contributed by atoms with Gasteiger partial charge in [0.1, 0.15) is 16.5 Å². The lowest BCUT2D eigenvalue weighted by Crippen LogP contribution is -1.93. The van der Waals surface area contributed by atoms with Crippen molar-refractivity contribution in [1.29, 1.82) is 0 Å². The molecular weight excluding hydrogens is 384 g/mol. The molecular formula is C18H9ClN6OS. The molecule has 5 rings (SSSR count). The molecule has 0 aliphatic heterocycles. The highest BCUT2D eigenvalue weighted by atomic mass is 35.5. The number of nitrogens with zero attached hydrogens (tertiary/aromatic N) is 6. The molecule has 5 aromatic rings. The molecule has 0 bridgehead atoms. The molecule has 0 spiro atoms. The van der Waals surface area contributed by atoms with E-state index in [4.69, 9.17) is 21.0 Å². The summed E-state index contributed by atoms with van der Waals surface area (Å²) in [5.41, 5.74) is 2.66. The van der Waals surface area contributed by atoms with Gasteiger partial charge in [-0.15, -0.1) is 11.3 Å². The molecule has 5 heterocycles. The van der Waals surface area contributed by atoms with E-state index in [1.54, 1.807) is 37.1 Å². The second kappa shape index (κ2) is 6.49. The van der Waals surface area contributed by atoms with Gasteiger partial charge in [0.2, 0.25) is 0 Å². The standard InChI is InChI=1S/C18H9ClN6OS/c19-16-15(27-18(25-16)11-7-20-9-21-8-11)12-6-10-2-5-26-14(10)13(24-12)17-22-3-1-4-23-17/h1-9H. The van der Waals surface area contributed by atoms with Gasteiger partial charge in [-0.1, -0.05) is 11.6 Å². The first kappa shape index (κ1) is 16.0. The van der Waals surface area contributed by atoms with E-state index in [1.165, 1.54) is 17.7 Å². The van der Waals surface area contributed by atoms with E-state index in [9.17, 15) is 0 Å². The molecule has 0 saturated carbocycles. The first-order chi connectivity index (χ1) is 13.3. The Hall–Kier alpha value is -3.23. The number of hydrogen-bond donors (Lipinski definition) is 0. The normalized spacial score (nSPS) is 11.1. The molecule has 7 nitrogen and oxygen atoms in total. The quantitative estimate of drug-likeness (QED) is 0.445. The zero-order valence-electron chi connectivity index (χ0n) is 13.6. The molecule has 5 aromatic heterocycles. The smallest absolute Gasteiger partial charge is 0.182 e. The number of halogens is 1. The largest absolute Gasteiger partial charge is 0.462 e. The third-order valence-corrected chi connectivity index (χ3v) is 5.35. The van der Waals surface area contributed by atoms with Crippen LogP contribution in [0.2, 0.25) is 5.15 Å². The van der Waals surface area contributed by atoms with Crippen molar-refractivity contribution in [2.75, 3.05) is 0 Å². The minimum absolute atomic E-state index is 0.370. The van der Waals surface area contributed by atoms with Gasteiger partial charge in [0.15, 0.2) is 17.1 Å². The van der Waals surface area contributed by atoms with E-state index >= 15 is 0 Å². The van der Waals surface area contributed by atoms with Crippen molar-refractivity contribution in [1.82, 2.24) is 29.9 Å². The van der Waals surface area contributed by atoms with Crippen LogP contribution < -0.4 is 0 Å². The molecule has 0 atom stereocenters. The number of hydrogen-bond acceptors (Lipinski definition) is 8. The van der Waals surface area contributed by atoms with Crippen molar-refractivity contribution in [2.45, 2.75) is 0 Å². The highest BCUT2D eigenvalue weighted by molar-refractivity contribution is 7.19. The maximum atomic E-state index is 6.42. The van der Waals surface area contributed by atoms with Crippen LogP contribution >= 0.6 is 22.9 Å². The van der Waals surface area contributed by atoms with Gasteiger partial charge < -0.3 is 4.42 Å². The fourth-order valence-corrected chi connectivity index (χ4v) is 3.90. The second-order valence-electron chi connectivity index (χ2n) is 5.53. The molecule has 0 fully saturated rings. The summed E-state index contributed by atoms with van der Waals surface area (Å²) in [6, 6.07) is 5.53. The first-order valence-corrected chi connectivity index (χ1v) is 9.07. The van der Waals surface area contributed by atoms with Crippen molar-refractivity contribution in [3.63, 3.8) is 0 Å². The van der Waals surface area contributed by atoms with Crippen molar-refractivity contribution in [2.24, 2.45) is 0 Å². The number of rotatable bonds is 3. The van der Waals surface area contributed by atoms with Gasteiger partial charge in [-0.05, 0) is 18.2 Å². The van der Waals surface area contributed by atoms with Crippen LogP contribution in [-0.2, 0) is 0 Å². The highest BCUT2D eigenvalue weighted by Crippen LogP contribution is 2.39. The summed E-state index contributed by atoms with van der Waals surface area (Å²) in [5, 5.41) is 1.98. The van der Waals surface area contributed by atoms with Crippen molar-refractivity contribution in [3.8, 4) is 32.7 Å². The molecule has 0 N–H and O–H groups in total. The Balaban J connectivity index is 1.69. The van der Waals surface area contributed by atoms with E-state index in [-0.39, 0.29) is 0 Å². The molecule has 0 radical (unpaired) electrons. The van der Waals surface area contributed by atoms with E-state index in [0.717, 1.165) is 20.8 Å². The third-order valence-electron chi connectivity index (χ3n) is 3.84. The molecule has 0 amide bonds. The summed E-state index contributed by atoms with van der Waals surface area (Å²) in [6.45, 7) is 0. The molecule has 0 saturated heterocycles. The number of fused-ring (bicyclic) bond motifs is 1. The van der Waals surface area contributed by atoms with E-state index in [0.29, 0.717) is 27.9 Å². The highest BCUT2D eigenvalue weighted by Gasteiger charge is 2.19. The average Bonchev–Trinajstić information content (AvgIpc) is 3.35. The van der Waals surface area contributed by atoms with Crippen LogP contribution in [0.15, 0.2) is 60.0 Å². The summed E-state index contributed by atoms with van der Waals surface area (Å²) in [4.78, 5) is 26.5. The van der Waals surface area contributed by atoms with Crippen molar-refractivity contribution >= 4 is 33.9 Å². The summed E-state index contributed by atoms with van der Waals surface area (Å²) in [7, 11) is 0. The predicted molar refractivity (Wildman–Crippen MR) is 102 cm³/mol. The monoisotopic (exact) mass is 392 g/mol. The van der Waals surface area contributed by atoms with Gasteiger partial charge in [0, 0.05) is 35.7 Å². The number of furan rings is 1. The summed E-state index contributed by atoms with van der Waals surface area (Å²) >= 11 is 7.84. The zero-order valence-corrected chi connectivity index (χ0v) is 15.1. The lowest BCUT2D eigenvalue weighted by molar-refractivity contribution is 0.615. The molecule has 130 valence electrons. The van der Waals surface area contributed by atoms with Crippen LogP contribution in [0.5, 0.6) is 0 Å². The lowest BCUT2D eigenvalue weighted by atomic mass is 10.2. The number of aromatic nitrogens is 6. The third kappa shape index (κ3) is 2.84.